The van der Waals surface area contributed by atoms with E-state index in [9.17, 15) is 14.7 Å². The average molecular weight is 511 g/mol. The summed E-state index contributed by atoms with van der Waals surface area (Å²) < 4.78 is 5.88. The molecular weight excluding hydrogens is 487 g/mol. The van der Waals surface area contributed by atoms with Crippen LogP contribution in [0.1, 0.15) is 38.2 Å². The summed E-state index contributed by atoms with van der Waals surface area (Å²) >= 11 is 12.6. The molecule has 2 aromatic heterocycles. The number of pyridine rings is 1. The number of benzene rings is 2. The van der Waals surface area contributed by atoms with Crippen molar-refractivity contribution in [1.82, 2.24) is 4.98 Å². The van der Waals surface area contributed by atoms with Crippen molar-refractivity contribution in [3.63, 3.8) is 0 Å². The fraction of sp³-hybridized carbons (Fsp3) is 0.222. The summed E-state index contributed by atoms with van der Waals surface area (Å²) in [7, 11) is 0. The van der Waals surface area contributed by atoms with Gasteiger partial charge in [-0.3, -0.25) is 9.59 Å². The van der Waals surface area contributed by atoms with Crippen molar-refractivity contribution in [2.75, 3.05) is 5.32 Å². The Kier molecular flexibility index (Phi) is 6.73. The first kappa shape index (κ1) is 24.9. The van der Waals surface area contributed by atoms with E-state index < -0.39 is 11.4 Å². The Morgan fingerprint density at radius 3 is 2.29 bits per heavy atom. The van der Waals surface area contributed by atoms with Gasteiger partial charge in [-0.05, 0) is 43.7 Å². The van der Waals surface area contributed by atoms with Crippen molar-refractivity contribution in [1.29, 1.82) is 0 Å². The molecule has 0 radical (unpaired) electrons. The molecule has 4 rings (SSSR count). The van der Waals surface area contributed by atoms with Crippen LogP contribution in [0.15, 0.2) is 59.0 Å². The number of aromatic nitrogens is 1. The third-order valence-electron chi connectivity index (χ3n) is 5.50. The molecule has 6 nitrogen and oxygen atoms in total. The van der Waals surface area contributed by atoms with Gasteiger partial charge in [-0.2, -0.15) is 0 Å². The number of carbonyl (C=O) groups excluding carboxylic acids is 2. The van der Waals surface area contributed by atoms with Gasteiger partial charge in [-0.15, -0.1) is 0 Å². The first-order valence-electron chi connectivity index (χ1n) is 11.0. The van der Waals surface area contributed by atoms with Gasteiger partial charge in [0, 0.05) is 27.1 Å². The monoisotopic (exact) mass is 510 g/mol. The molecule has 0 aliphatic carbocycles. The summed E-state index contributed by atoms with van der Waals surface area (Å²) in [5.74, 6) is -1.51. The summed E-state index contributed by atoms with van der Waals surface area (Å²) in [6.45, 7) is 6.20. The van der Waals surface area contributed by atoms with Crippen molar-refractivity contribution in [3.05, 3.63) is 70.4 Å². The summed E-state index contributed by atoms with van der Waals surface area (Å²) in [5.41, 5.74) is 1.27. The van der Waals surface area contributed by atoms with Crippen molar-refractivity contribution < 1.29 is 19.1 Å². The fourth-order valence-corrected chi connectivity index (χ4v) is 3.91. The van der Waals surface area contributed by atoms with Crippen LogP contribution in [0.3, 0.4) is 0 Å². The quantitative estimate of drug-likeness (QED) is 0.272. The minimum atomic E-state index is -1.73. The largest absolute Gasteiger partial charge is 0.432 e. The number of aliphatic hydroxyl groups is 1. The van der Waals surface area contributed by atoms with Crippen LogP contribution in [0.2, 0.25) is 10.0 Å². The second kappa shape index (κ2) is 9.46. The average Bonchev–Trinajstić information content (AvgIpc) is 3.15. The molecule has 4 aromatic rings. The van der Waals surface area contributed by atoms with Gasteiger partial charge in [0.1, 0.15) is 11.3 Å². The van der Waals surface area contributed by atoms with Crippen LogP contribution in [0.5, 0.6) is 0 Å². The van der Waals surface area contributed by atoms with Crippen LogP contribution < -0.4 is 5.32 Å². The van der Waals surface area contributed by atoms with Gasteiger partial charge in [0.15, 0.2) is 5.76 Å². The Morgan fingerprint density at radius 1 is 1.03 bits per heavy atom. The van der Waals surface area contributed by atoms with E-state index in [0.717, 1.165) is 5.56 Å². The maximum Gasteiger partial charge on any atom is 0.231 e. The molecule has 0 spiro atoms. The SMILES string of the molecule is CC(C)C(=O)Nc1c(C(=O)C(C)(C)O)oc2nc(-c3ccccc3Cl)c(-c3ccc(Cl)cc3)cc12. The standard InChI is InChI=1S/C27H24Cl2N2O4/c1-14(2)25(33)30-22-19-13-18(15-9-11-16(28)12-10-15)21(17-7-5-6-8-20(17)29)31-26(19)35-23(22)24(32)27(3,4)34/h5-14,34H,1-4H3,(H,30,33). The predicted molar refractivity (Wildman–Crippen MR) is 139 cm³/mol. The number of rotatable bonds is 6. The predicted octanol–water partition coefficient (Wildman–Crippen LogP) is 7.02. The number of carbonyl (C=O) groups is 2. The Balaban J connectivity index is 2.06. The number of nitrogens with one attached hydrogen (secondary N) is 1. The number of fused-ring (bicyclic) bond motifs is 1. The van der Waals surface area contributed by atoms with Gasteiger partial charge in [-0.1, -0.05) is 67.4 Å². The van der Waals surface area contributed by atoms with Gasteiger partial charge in [0.25, 0.3) is 0 Å². The molecule has 0 fully saturated rings. The summed E-state index contributed by atoms with van der Waals surface area (Å²) in [6, 6.07) is 16.3. The Hall–Kier alpha value is -3.19. The van der Waals surface area contributed by atoms with Gasteiger partial charge in [0.05, 0.1) is 11.1 Å². The van der Waals surface area contributed by atoms with E-state index in [4.69, 9.17) is 32.6 Å². The molecule has 0 saturated carbocycles. The molecule has 1 amide bonds. The lowest BCUT2D eigenvalue weighted by molar-refractivity contribution is -0.118. The Bertz CT molecular complexity index is 1430. The summed E-state index contributed by atoms with van der Waals surface area (Å²) in [5, 5.41) is 14.7. The molecule has 8 heteroatoms. The topological polar surface area (TPSA) is 92.4 Å². The number of Topliss-reactive ketones (excluding diaryl/α,β-unsaturated/α-hetero) is 1. The molecule has 2 N–H and O–H groups in total. The van der Waals surface area contributed by atoms with Gasteiger partial charge < -0.3 is 14.8 Å². The lowest BCUT2D eigenvalue weighted by Gasteiger charge is -2.15. The second-order valence-corrected chi connectivity index (χ2v) is 9.91. The van der Waals surface area contributed by atoms with E-state index in [-0.39, 0.29) is 29.0 Å². The third kappa shape index (κ3) is 4.96. The van der Waals surface area contributed by atoms with Crippen LogP contribution >= 0.6 is 23.2 Å². The van der Waals surface area contributed by atoms with Crippen LogP contribution in [0.25, 0.3) is 33.5 Å². The van der Waals surface area contributed by atoms with Gasteiger partial charge in [0.2, 0.25) is 17.4 Å². The van der Waals surface area contributed by atoms with E-state index >= 15 is 0 Å². The van der Waals surface area contributed by atoms with Crippen molar-refractivity contribution in [3.8, 4) is 22.4 Å². The van der Waals surface area contributed by atoms with Crippen molar-refractivity contribution in [2.24, 2.45) is 5.92 Å². The molecule has 0 aliphatic rings. The smallest absolute Gasteiger partial charge is 0.231 e. The van der Waals surface area contributed by atoms with Gasteiger partial charge >= 0.3 is 0 Å². The number of furan rings is 1. The maximum absolute atomic E-state index is 13.1. The lowest BCUT2D eigenvalue weighted by Crippen LogP contribution is -2.31. The van der Waals surface area contributed by atoms with E-state index in [2.05, 4.69) is 5.32 Å². The third-order valence-corrected chi connectivity index (χ3v) is 6.08. The molecule has 0 unspecified atom stereocenters. The Morgan fingerprint density at radius 2 is 1.69 bits per heavy atom. The summed E-state index contributed by atoms with van der Waals surface area (Å²) in [6.07, 6.45) is 0. The number of halogens is 2. The molecule has 2 heterocycles. The highest BCUT2D eigenvalue weighted by Gasteiger charge is 2.33. The number of anilines is 1. The molecule has 0 atom stereocenters. The molecule has 0 aliphatic heterocycles. The number of amides is 1. The Labute approximate surface area is 212 Å². The molecular formula is C27H24Cl2N2O4. The molecule has 0 bridgehead atoms. The van der Waals surface area contributed by atoms with E-state index in [1.807, 2.05) is 30.3 Å². The number of nitrogens with zero attached hydrogens (tertiary/aromatic N) is 1. The highest BCUT2D eigenvalue weighted by Crippen LogP contribution is 2.41. The molecule has 0 saturated heterocycles. The van der Waals surface area contributed by atoms with Crippen molar-refractivity contribution in [2.45, 2.75) is 33.3 Å². The van der Waals surface area contributed by atoms with E-state index in [1.165, 1.54) is 13.8 Å². The maximum atomic E-state index is 13.1. The minimum Gasteiger partial charge on any atom is -0.432 e. The molecule has 2 aromatic carbocycles. The zero-order valence-electron chi connectivity index (χ0n) is 19.6. The van der Waals surface area contributed by atoms with Crippen LogP contribution in [-0.2, 0) is 4.79 Å². The van der Waals surface area contributed by atoms with E-state index in [0.29, 0.717) is 32.3 Å². The zero-order chi connectivity index (χ0) is 25.5. The number of ketones is 1. The first-order chi connectivity index (χ1) is 16.5. The number of hydrogen-bond acceptors (Lipinski definition) is 5. The first-order valence-corrected chi connectivity index (χ1v) is 11.8. The van der Waals surface area contributed by atoms with Crippen LogP contribution in [-0.4, -0.2) is 27.4 Å². The van der Waals surface area contributed by atoms with E-state index in [1.54, 1.807) is 38.1 Å². The summed E-state index contributed by atoms with van der Waals surface area (Å²) in [4.78, 5) is 30.4. The normalized spacial score (nSPS) is 11.8. The van der Waals surface area contributed by atoms with Crippen LogP contribution in [0, 0.1) is 5.92 Å². The number of hydrogen-bond donors (Lipinski definition) is 2. The lowest BCUT2D eigenvalue weighted by atomic mass is 9.97. The molecule has 180 valence electrons. The fourth-order valence-electron chi connectivity index (χ4n) is 3.56. The van der Waals surface area contributed by atoms with Crippen LogP contribution in [0.4, 0.5) is 5.69 Å². The highest BCUT2D eigenvalue weighted by atomic mass is 35.5. The van der Waals surface area contributed by atoms with Crippen molar-refractivity contribution >= 4 is 51.7 Å². The van der Waals surface area contributed by atoms with Gasteiger partial charge in [-0.25, -0.2) is 4.98 Å². The highest BCUT2D eigenvalue weighted by molar-refractivity contribution is 6.33. The molecule has 35 heavy (non-hydrogen) atoms. The minimum absolute atomic E-state index is 0.129. The zero-order valence-corrected chi connectivity index (χ0v) is 21.2. The second-order valence-electron chi connectivity index (χ2n) is 9.06.